The minimum Gasteiger partial charge on any atom is -0.497 e. The Kier molecular flexibility index (Phi) is 5.12. The van der Waals surface area contributed by atoms with Gasteiger partial charge in [-0.1, -0.05) is 35.9 Å². The predicted octanol–water partition coefficient (Wildman–Crippen LogP) is 5.27. The van der Waals surface area contributed by atoms with E-state index in [0.29, 0.717) is 19.5 Å². The number of imidazole rings is 1. The molecular weight excluding hydrogens is 410 g/mol. The molecule has 0 radical (unpaired) electrons. The average Bonchev–Trinajstić information content (AvgIpc) is 3.36. The van der Waals surface area contributed by atoms with Gasteiger partial charge in [0.25, 0.3) is 0 Å². The van der Waals surface area contributed by atoms with E-state index in [0.717, 1.165) is 38.9 Å². The summed E-state index contributed by atoms with van der Waals surface area (Å²) in [4.78, 5) is 19.7. The Bertz CT molecular complexity index is 1230. The number of hydrogen-bond acceptors (Lipinski definition) is 3. The first-order chi connectivity index (χ1) is 15.1. The Labute approximate surface area is 185 Å². The SMILES string of the molecule is COc1ccc(N2CC(c3nc4ccccc4n3Cc3ccc(Cl)cc3)CC2=O)cc1. The first-order valence-electron chi connectivity index (χ1n) is 10.3. The maximum absolute atomic E-state index is 12.9. The smallest absolute Gasteiger partial charge is 0.227 e. The number of fused-ring (bicyclic) bond motifs is 1. The fourth-order valence-electron chi connectivity index (χ4n) is 4.24. The van der Waals surface area contributed by atoms with E-state index in [4.69, 9.17) is 21.3 Å². The van der Waals surface area contributed by atoms with E-state index in [-0.39, 0.29) is 11.8 Å². The van der Waals surface area contributed by atoms with Crippen molar-refractivity contribution in [2.24, 2.45) is 0 Å². The van der Waals surface area contributed by atoms with E-state index in [1.165, 1.54) is 0 Å². The van der Waals surface area contributed by atoms with Crippen LogP contribution in [0.3, 0.4) is 0 Å². The molecule has 5 nitrogen and oxygen atoms in total. The zero-order chi connectivity index (χ0) is 21.4. The number of amides is 1. The molecule has 4 aromatic rings. The fourth-order valence-corrected chi connectivity index (χ4v) is 4.36. The number of benzene rings is 3. The van der Waals surface area contributed by atoms with E-state index >= 15 is 0 Å². The normalized spacial score (nSPS) is 16.3. The van der Waals surface area contributed by atoms with Gasteiger partial charge in [0.1, 0.15) is 11.6 Å². The molecule has 1 amide bonds. The molecule has 1 fully saturated rings. The molecule has 156 valence electrons. The summed E-state index contributed by atoms with van der Waals surface area (Å²) in [6.45, 7) is 1.29. The number of nitrogens with zero attached hydrogens (tertiary/aromatic N) is 3. The largest absolute Gasteiger partial charge is 0.497 e. The van der Waals surface area contributed by atoms with Crippen molar-refractivity contribution in [1.29, 1.82) is 0 Å². The van der Waals surface area contributed by atoms with E-state index in [9.17, 15) is 4.79 Å². The number of halogens is 1. The van der Waals surface area contributed by atoms with Crippen molar-refractivity contribution >= 4 is 34.2 Å². The number of hydrogen-bond donors (Lipinski definition) is 0. The summed E-state index contributed by atoms with van der Waals surface area (Å²) in [5.41, 5.74) is 4.04. The predicted molar refractivity (Wildman–Crippen MR) is 123 cm³/mol. The Balaban J connectivity index is 1.49. The second-order valence-electron chi connectivity index (χ2n) is 7.77. The lowest BCUT2D eigenvalue weighted by Gasteiger charge is -2.18. The Hall–Kier alpha value is -3.31. The lowest BCUT2D eigenvalue weighted by Crippen LogP contribution is -2.24. The number of rotatable bonds is 5. The molecule has 0 N–H and O–H groups in total. The van der Waals surface area contributed by atoms with Crippen molar-refractivity contribution < 1.29 is 9.53 Å². The highest BCUT2D eigenvalue weighted by atomic mass is 35.5. The lowest BCUT2D eigenvalue weighted by atomic mass is 10.1. The van der Waals surface area contributed by atoms with E-state index < -0.39 is 0 Å². The van der Waals surface area contributed by atoms with Crippen LogP contribution in [0.1, 0.15) is 23.7 Å². The van der Waals surface area contributed by atoms with Gasteiger partial charge in [-0.25, -0.2) is 4.98 Å². The van der Waals surface area contributed by atoms with Gasteiger partial charge in [-0.3, -0.25) is 4.79 Å². The van der Waals surface area contributed by atoms with Crippen molar-refractivity contribution in [2.45, 2.75) is 18.9 Å². The van der Waals surface area contributed by atoms with Gasteiger partial charge in [0.2, 0.25) is 5.91 Å². The van der Waals surface area contributed by atoms with E-state index in [1.807, 2.05) is 71.6 Å². The zero-order valence-corrected chi connectivity index (χ0v) is 17.9. The minimum atomic E-state index is 0.0225. The van der Waals surface area contributed by atoms with Crippen molar-refractivity contribution in [2.75, 3.05) is 18.6 Å². The molecule has 31 heavy (non-hydrogen) atoms. The first-order valence-corrected chi connectivity index (χ1v) is 10.6. The molecule has 2 heterocycles. The summed E-state index contributed by atoms with van der Waals surface area (Å²) in [7, 11) is 1.64. The second kappa shape index (κ2) is 8.08. The first kappa shape index (κ1) is 19.6. The molecule has 1 unspecified atom stereocenters. The van der Waals surface area contributed by atoms with Crippen molar-refractivity contribution in [3.8, 4) is 5.75 Å². The quantitative estimate of drug-likeness (QED) is 0.432. The minimum absolute atomic E-state index is 0.0225. The molecule has 0 aliphatic carbocycles. The third-order valence-electron chi connectivity index (χ3n) is 5.81. The number of para-hydroxylation sites is 2. The molecule has 1 aromatic heterocycles. The van der Waals surface area contributed by atoms with Gasteiger partial charge in [-0.05, 0) is 54.1 Å². The number of anilines is 1. The van der Waals surface area contributed by atoms with Crippen LogP contribution in [0.2, 0.25) is 5.02 Å². The summed E-state index contributed by atoms with van der Waals surface area (Å²) in [6, 6.07) is 23.6. The molecule has 0 spiro atoms. The van der Waals surface area contributed by atoms with Crippen LogP contribution in [0.15, 0.2) is 72.8 Å². The van der Waals surface area contributed by atoms with Gasteiger partial charge in [-0.2, -0.15) is 0 Å². The maximum Gasteiger partial charge on any atom is 0.227 e. The summed E-state index contributed by atoms with van der Waals surface area (Å²) < 4.78 is 7.47. The highest BCUT2D eigenvalue weighted by Crippen LogP contribution is 2.34. The molecule has 1 atom stereocenters. The average molecular weight is 432 g/mol. The fraction of sp³-hybridized carbons (Fsp3) is 0.200. The van der Waals surface area contributed by atoms with Gasteiger partial charge in [-0.15, -0.1) is 0 Å². The Morgan fingerprint density at radius 2 is 1.77 bits per heavy atom. The Morgan fingerprint density at radius 3 is 2.52 bits per heavy atom. The van der Waals surface area contributed by atoms with E-state index in [1.54, 1.807) is 7.11 Å². The third-order valence-corrected chi connectivity index (χ3v) is 6.06. The van der Waals surface area contributed by atoms with Crippen LogP contribution in [0.25, 0.3) is 11.0 Å². The lowest BCUT2D eigenvalue weighted by molar-refractivity contribution is -0.117. The molecule has 5 rings (SSSR count). The highest BCUT2D eigenvalue weighted by Gasteiger charge is 2.34. The summed E-state index contributed by atoms with van der Waals surface area (Å²) >= 11 is 6.06. The second-order valence-corrected chi connectivity index (χ2v) is 8.21. The van der Waals surface area contributed by atoms with Gasteiger partial charge in [0.05, 0.1) is 18.1 Å². The van der Waals surface area contributed by atoms with Crippen molar-refractivity contribution in [3.63, 3.8) is 0 Å². The maximum atomic E-state index is 12.9. The van der Waals surface area contributed by atoms with E-state index in [2.05, 4.69) is 10.6 Å². The topological polar surface area (TPSA) is 47.4 Å². The molecule has 1 aliphatic rings. The number of aromatic nitrogens is 2. The number of carbonyl (C=O) groups is 1. The van der Waals surface area contributed by atoms with Crippen molar-refractivity contribution in [3.05, 3.63) is 89.2 Å². The Morgan fingerprint density at radius 1 is 1.03 bits per heavy atom. The number of methoxy groups -OCH3 is 1. The summed E-state index contributed by atoms with van der Waals surface area (Å²) in [5, 5.41) is 0.719. The van der Waals surface area contributed by atoms with Crippen LogP contribution >= 0.6 is 11.6 Å². The molecule has 6 heteroatoms. The molecular formula is C25H22ClN3O2. The van der Waals surface area contributed by atoms with Gasteiger partial charge in [0, 0.05) is 36.1 Å². The standard InChI is InChI=1S/C25H22ClN3O2/c1-31-21-12-10-20(11-13-21)28-16-18(14-24(28)30)25-27-22-4-2-3-5-23(22)29(25)15-17-6-8-19(26)9-7-17/h2-13,18H,14-16H2,1H3. The van der Waals surface area contributed by atoms with Crippen LogP contribution in [-0.4, -0.2) is 29.1 Å². The van der Waals surface area contributed by atoms with Gasteiger partial charge in [0.15, 0.2) is 0 Å². The number of carbonyl (C=O) groups excluding carboxylic acids is 1. The molecule has 3 aromatic carbocycles. The third kappa shape index (κ3) is 3.77. The summed E-state index contributed by atoms with van der Waals surface area (Å²) in [6.07, 6.45) is 0.440. The highest BCUT2D eigenvalue weighted by molar-refractivity contribution is 6.30. The van der Waals surface area contributed by atoms with Crippen LogP contribution in [-0.2, 0) is 11.3 Å². The van der Waals surface area contributed by atoms with Crippen LogP contribution in [0, 0.1) is 0 Å². The number of ether oxygens (including phenoxy) is 1. The molecule has 0 saturated carbocycles. The summed E-state index contributed by atoms with van der Waals surface area (Å²) in [5.74, 6) is 1.85. The molecule has 0 bridgehead atoms. The zero-order valence-electron chi connectivity index (χ0n) is 17.2. The van der Waals surface area contributed by atoms with Crippen molar-refractivity contribution in [1.82, 2.24) is 9.55 Å². The van der Waals surface area contributed by atoms with Crippen LogP contribution < -0.4 is 9.64 Å². The van der Waals surface area contributed by atoms with Gasteiger partial charge < -0.3 is 14.2 Å². The molecule has 1 saturated heterocycles. The van der Waals surface area contributed by atoms with Crippen LogP contribution in [0.5, 0.6) is 5.75 Å². The van der Waals surface area contributed by atoms with Gasteiger partial charge >= 0.3 is 0 Å². The monoisotopic (exact) mass is 431 g/mol. The van der Waals surface area contributed by atoms with Crippen LogP contribution in [0.4, 0.5) is 5.69 Å². The molecule has 1 aliphatic heterocycles.